The van der Waals surface area contributed by atoms with Crippen LogP contribution in [0.15, 0.2) is 42.5 Å². The molecule has 0 radical (unpaired) electrons. The van der Waals surface area contributed by atoms with Crippen LogP contribution < -0.4 is 9.64 Å². The predicted octanol–water partition coefficient (Wildman–Crippen LogP) is 3.17. The summed E-state index contributed by atoms with van der Waals surface area (Å²) in [4.78, 5) is 14.9. The fourth-order valence-electron chi connectivity index (χ4n) is 3.31. The minimum Gasteiger partial charge on any atom is -0.497 e. The molecular weight excluding hydrogens is 380 g/mol. The Balaban J connectivity index is 1.78. The van der Waals surface area contributed by atoms with Crippen LogP contribution in [0.4, 0.5) is 5.69 Å². The largest absolute Gasteiger partial charge is 0.497 e. The van der Waals surface area contributed by atoms with E-state index in [1.54, 1.807) is 35.9 Å². The highest BCUT2D eigenvalue weighted by molar-refractivity contribution is 6.31. The van der Waals surface area contributed by atoms with Gasteiger partial charge in [-0.15, -0.1) is 5.10 Å². The number of carbonyl (C=O) groups is 1. The minimum atomic E-state index is -0.0437. The maximum absolute atomic E-state index is 13.2. The minimum absolute atomic E-state index is 0.0437. The lowest BCUT2D eigenvalue weighted by Crippen LogP contribution is -2.31. The summed E-state index contributed by atoms with van der Waals surface area (Å²) < 4.78 is 12.1. The first-order chi connectivity index (χ1) is 13.6. The van der Waals surface area contributed by atoms with E-state index in [9.17, 15) is 4.79 Å². The number of nitrogens with zero attached hydrogens (tertiary/aromatic N) is 4. The van der Waals surface area contributed by atoms with E-state index in [4.69, 9.17) is 21.1 Å². The number of fused-ring (bicyclic) bond motifs is 3. The van der Waals surface area contributed by atoms with Gasteiger partial charge in [-0.3, -0.25) is 4.79 Å². The van der Waals surface area contributed by atoms with E-state index >= 15 is 0 Å². The molecule has 28 heavy (non-hydrogen) atoms. The van der Waals surface area contributed by atoms with Gasteiger partial charge >= 0.3 is 0 Å². The molecule has 144 valence electrons. The van der Waals surface area contributed by atoms with Crippen LogP contribution in [0.3, 0.4) is 0 Å². The molecule has 7 nitrogen and oxygen atoms in total. The Bertz CT molecular complexity index is 1020. The molecule has 1 aromatic heterocycles. The van der Waals surface area contributed by atoms with E-state index in [1.165, 1.54) is 0 Å². The summed E-state index contributed by atoms with van der Waals surface area (Å²) in [5.41, 5.74) is 3.81. The summed E-state index contributed by atoms with van der Waals surface area (Å²) in [6, 6.07) is 13.1. The standard InChI is InChI=1S/C20H19ClN4O3/c1-27-12-16-18-10-20(26)24(11-13-3-6-15(28-2)7-4-13)17-8-5-14(21)9-19(17)25(18)23-22-16/h3-9H,10-12H2,1-2H3. The first kappa shape index (κ1) is 18.5. The van der Waals surface area contributed by atoms with E-state index in [1.807, 2.05) is 30.3 Å². The lowest BCUT2D eigenvalue weighted by Gasteiger charge is -2.23. The van der Waals surface area contributed by atoms with Crippen LogP contribution in [0.25, 0.3) is 5.69 Å². The number of hydrogen-bond donors (Lipinski definition) is 0. The summed E-state index contributed by atoms with van der Waals surface area (Å²) in [5.74, 6) is 0.728. The fourth-order valence-corrected chi connectivity index (χ4v) is 3.47. The molecule has 1 aliphatic rings. The van der Waals surface area contributed by atoms with Gasteiger partial charge in [0.15, 0.2) is 0 Å². The van der Waals surface area contributed by atoms with Crippen molar-refractivity contribution in [1.82, 2.24) is 15.0 Å². The quantitative estimate of drug-likeness (QED) is 0.660. The Labute approximate surface area is 167 Å². The number of benzene rings is 2. The third-order valence-electron chi connectivity index (χ3n) is 4.70. The van der Waals surface area contributed by atoms with Crippen LogP contribution in [0.1, 0.15) is 17.0 Å². The average Bonchev–Trinajstić information content (AvgIpc) is 3.04. The van der Waals surface area contributed by atoms with Crippen LogP contribution in [-0.2, 0) is 29.1 Å². The summed E-state index contributed by atoms with van der Waals surface area (Å²) in [6.45, 7) is 0.715. The van der Waals surface area contributed by atoms with E-state index in [2.05, 4.69) is 10.3 Å². The van der Waals surface area contributed by atoms with Crippen LogP contribution in [0.5, 0.6) is 5.75 Å². The number of anilines is 1. The molecule has 4 rings (SSSR count). The molecule has 1 aliphatic heterocycles. The lowest BCUT2D eigenvalue weighted by molar-refractivity contribution is -0.118. The number of halogens is 1. The van der Waals surface area contributed by atoms with E-state index in [0.717, 1.165) is 22.7 Å². The highest BCUT2D eigenvalue weighted by Gasteiger charge is 2.29. The zero-order valence-corrected chi connectivity index (χ0v) is 16.3. The predicted molar refractivity (Wildman–Crippen MR) is 105 cm³/mol. The summed E-state index contributed by atoms with van der Waals surface area (Å²) in [5, 5.41) is 8.99. The summed E-state index contributed by atoms with van der Waals surface area (Å²) >= 11 is 6.24. The van der Waals surface area contributed by atoms with Crippen molar-refractivity contribution in [3.8, 4) is 11.4 Å². The Hall–Kier alpha value is -2.90. The number of hydrogen-bond acceptors (Lipinski definition) is 5. The van der Waals surface area contributed by atoms with Gasteiger partial charge in [0.25, 0.3) is 0 Å². The smallest absolute Gasteiger partial charge is 0.233 e. The molecule has 0 saturated carbocycles. The number of aromatic nitrogens is 3. The second-order valence-corrected chi connectivity index (χ2v) is 6.90. The van der Waals surface area contributed by atoms with Crippen LogP contribution >= 0.6 is 11.6 Å². The zero-order valence-electron chi connectivity index (χ0n) is 15.6. The normalized spacial score (nSPS) is 13.1. The SMILES string of the molecule is COCc1nnn2c1CC(=O)N(Cc1ccc(OC)cc1)c1ccc(Cl)cc1-2. The molecule has 0 atom stereocenters. The van der Waals surface area contributed by atoms with Crippen molar-refractivity contribution < 1.29 is 14.3 Å². The molecule has 2 heterocycles. The van der Waals surface area contributed by atoms with Gasteiger partial charge in [0.2, 0.25) is 5.91 Å². The maximum atomic E-state index is 13.2. The van der Waals surface area contributed by atoms with Crippen molar-refractivity contribution in [2.24, 2.45) is 0 Å². The van der Waals surface area contributed by atoms with Gasteiger partial charge in [-0.2, -0.15) is 0 Å². The summed E-state index contributed by atoms with van der Waals surface area (Å²) in [7, 11) is 3.21. The maximum Gasteiger partial charge on any atom is 0.233 e. The van der Waals surface area contributed by atoms with Crippen LogP contribution in [0.2, 0.25) is 5.02 Å². The van der Waals surface area contributed by atoms with Gasteiger partial charge in [0, 0.05) is 12.1 Å². The van der Waals surface area contributed by atoms with Crippen molar-refractivity contribution in [3.63, 3.8) is 0 Å². The Kier molecular flexibility index (Phi) is 5.02. The van der Waals surface area contributed by atoms with Crippen molar-refractivity contribution in [3.05, 3.63) is 64.4 Å². The third-order valence-corrected chi connectivity index (χ3v) is 4.94. The van der Waals surface area contributed by atoms with E-state index in [0.29, 0.717) is 23.0 Å². The molecular formula is C20H19ClN4O3. The van der Waals surface area contributed by atoms with Gasteiger partial charge in [0.05, 0.1) is 43.8 Å². The number of methoxy groups -OCH3 is 2. The molecule has 0 N–H and O–H groups in total. The molecule has 8 heteroatoms. The Morgan fingerprint density at radius 2 is 1.89 bits per heavy atom. The highest BCUT2D eigenvalue weighted by atomic mass is 35.5. The topological polar surface area (TPSA) is 69.5 Å². The first-order valence-corrected chi connectivity index (χ1v) is 9.14. The fraction of sp³-hybridized carbons (Fsp3) is 0.250. The molecule has 0 saturated heterocycles. The second kappa shape index (κ2) is 7.61. The molecule has 0 bridgehead atoms. The third kappa shape index (κ3) is 3.34. The Morgan fingerprint density at radius 3 is 2.61 bits per heavy atom. The van der Waals surface area contributed by atoms with Crippen LogP contribution in [0, 0.1) is 0 Å². The molecule has 0 fully saturated rings. The van der Waals surface area contributed by atoms with E-state index in [-0.39, 0.29) is 18.9 Å². The first-order valence-electron chi connectivity index (χ1n) is 8.76. The van der Waals surface area contributed by atoms with Crippen molar-refractivity contribution in [1.29, 1.82) is 0 Å². The molecule has 0 unspecified atom stereocenters. The molecule has 0 spiro atoms. The van der Waals surface area contributed by atoms with Gasteiger partial charge in [-0.25, -0.2) is 4.68 Å². The lowest BCUT2D eigenvalue weighted by atomic mass is 10.1. The molecule has 1 amide bonds. The van der Waals surface area contributed by atoms with Gasteiger partial charge in [-0.05, 0) is 35.9 Å². The second-order valence-electron chi connectivity index (χ2n) is 6.47. The van der Waals surface area contributed by atoms with Crippen LogP contribution in [-0.4, -0.2) is 35.1 Å². The number of rotatable bonds is 5. The Morgan fingerprint density at radius 1 is 1.11 bits per heavy atom. The monoisotopic (exact) mass is 398 g/mol. The average molecular weight is 399 g/mol. The van der Waals surface area contributed by atoms with Gasteiger partial charge < -0.3 is 14.4 Å². The number of ether oxygens (including phenoxy) is 2. The summed E-state index contributed by atoms with van der Waals surface area (Å²) in [6.07, 6.45) is 0.175. The van der Waals surface area contributed by atoms with Gasteiger partial charge in [-0.1, -0.05) is 28.9 Å². The van der Waals surface area contributed by atoms with Gasteiger partial charge in [0.1, 0.15) is 11.4 Å². The van der Waals surface area contributed by atoms with Crippen molar-refractivity contribution >= 4 is 23.2 Å². The molecule has 3 aromatic rings. The number of amides is 1. The molecule has 0 aliphatic carbocycles. The van der Waals surface area contributed by atoms with Crippen molar-refractivity contribution in [2.75, 3.05) is 19.1 Å². The number of carbonyl (C=O) groups excluding carboxylic acids is 1. The highest BCUT2D eigenvalue weighted by Crippen LogP contribution is 2.33. The van der Waals surface area contributed by atoms with E-state index < -0.39 is 0 Å². The van der Waals surface area contributed by atoms with Crippen molar-refractivity contribution in [2.45, 2.75) is 19.6 Å². The zero-order chi connectivity index (χ0) is 19.7. The molecule has 2 aromatic carbocycles.